The summed E-state index contributed by atoms with van der Waals surface area (Å²) in [6.45, 7) is 0. The third-order valence-corrected chi connectivity index (χ3v) is 1.76. The molecule has 0 amide bonds. The van der Waals surface area contributed by atoms with E-state index in [0.717, 1.165) is 0 Å². The molecule has 0 unspecified atom stereocenters. The van der Waals surface area contributed by atoms with Gasteiger partial charge in [0.2, 0.25) is 0 Å². The van der Waals surface area contributed by atoms with Gasteiger partial charge in [-0.3, -0.25) is 4.79 Å². The zero-order valence-corrected chi connectivity index (χ0v) is 7.19. The third-order valence-electron chi connectivity index (χ3n) is 1.76. The number of hydrogen-bond donors (Lipinski definition) is 3. The minimum absolute atomic E-state index is 0.129. The largest absolute Gasteiger partial charge is 0.508 e. The molecule has 1 rings (SSSR count). The monoisotopic (exact) mass is 181 g/mol. The van der Waals surface area contributed by atoms with Gasteiger partial charge in [0.15, 0.2) is 0 Å². The minimum atomic E-state index is -0.937. The topological polar surface area (TPSA) is 69.6 Å². The predicted molar refractivity (Wildman–Crippen MR) is 47.5 cm³/mol. The lowest BCUT2D eigenvalue weighted by molar-refractivity contribution is -0.139. The number of carboxylic acid groups (broad SMARTS) is 1. The van der Waals surface area contributed by atoms with E-state index in [1.807, 2.05) is 0 Å². The number of aromatic hydroxyl groups is 1. The van der Waals surface area contributed by atoms with Gasteiger partial charge in [-0.2, -0.15) is 0 Å². The van der Waals surface area contributed by atoms with E-state index in [9.17, 15) is 4.79 Å². The Labute approximate surface area is 75.8 Å². The third kappa shape index (κ3) is 2.19. The van der Waals surface area contributed by atoms with Crippen LogP contribution in [-0.4, -0.2) is 23.2 Å². The van der Waals surface area contributed by atoms with Gasteiger partial charge in [0.1, 0.15) is 11.8 Å². The Kier molecular flexibility index (Phi) is 2.87. The summed E-state index contributed by atoms with van der Waals surface area (Å²) in [5.41, 5.74) is 0.618. The summed E-state index contributed by atoms with van der Waals surface area (Å²) in [6.07, 6.45) is 0. The van der Waals surface area contributed by atoms with Crippen LogP contribution >= 0.6 is 0 Å². The van der Waals surface area contributed by atoms with Gasteiger partial charge in [-0.15, -0.1) is 0 Å². The number of hydrogen-bond acceptors (Lipinski definition) is 3. The molecular weight excluding hydrogens is 170 g/mol. The molecule has 0 spiro atoms. The van der Waals surface area contributed by atoms with Gasteiger partial charge in [-0.25, -0.2) is 0 Å². The molecule has 4 nitrogen and oxygen atoms in total. The SMILES string of the molecule is CN[C@H](C(=O)O)c1ccc(O)cc1. The molecule has 0 radical (unpaired) electrons. The fourth-order valence-electron chi connectivity index (χ4n) is 1.10. The van der Waals surface area contributed by atoms with Crippen LogP contribution in [0.25, 0.3) is 0 Å². The molecule has 70 valence electrons. The molecule has 0 aliphatic heterocycles. The van der Waals surface area contributed by atoms with Crippen molar-refractivity contribution >= 4 is 5.97 Å². The number of likely N-dealkylation sites (N-methyl/N-ethyl adjacent to an activating group) is 1. The highest BCUT2D eigenvalue weighted by Crippen LogP contribution is 2.16. The molecule has 0 aromatic heterocycles. The quantitative estimate of drug-likeness (QED) is 0.643. The lowest BCUT2D eigenvalue weighted by Crippen LogP contribution is -2.24. The Morgan fingerprint density at radius 1 is 1.38 bits per heavy atom. The van der Waals surface area contributed by atoms with Gasteiger partial charge in [0.05, 0.1) is 0 Å². The Hall–Kier alpha value is -1.55. The smallest absolute Gasteiger partial charge is 0.325 e. The van der Waals surface area contributed by atoms with Crippen LogP contribution in [-0.2, 0) is 4.79 Å². The van der Waals surface area contributed by atoms with Crippen molar-refractivity contribution in [2.45, 2.75) is 6.04 Å². The van der Waals surface area contributed by atoms with Gasteiger partial charge in [-0.1, -0.05) is 12.1 Å². The fourth-order valence-corrected chi connectivity index (χ4v) is 1.10. The normalized spacial score (nSPS) is 12.4. The molecular formula is C9H11NO3. The minimum Gasteiger partial charge on any atom is -0.508 e. The molecule has 1 atom stereocenters. The molecule has 0 heterocycles. The van der Waals surface area contributed by atoms with E-state index in [4.69, 9.17) is 10.2 Å². The van der Waals surface area contributed by atoms with E-state index < -0.39 is 12.0 Å². The maximum Gasteiger partial charge on any atom is 0.325 e. The molecule has 0 fully saturated rings. The number of carbonyl (C=O) groups is 1. The first kappa shape index (κ1) is 9.54. The molecule has 0 aliphatic carbocycles. The van der Waals surface area contributed by atoms with Gasteiger partial charge in [-0.05, 0) is 24.7 Å². The van der Waals surface area contributed by atoms with Crippen molar-refractivity contribution in [2.24, 2.45) is 0 Å². The van der Waals surface area contributed by atoms with E-state index in [0.29, 0.717) is 5.56 Å². The lowest BCUT2D eigenvalue weighted by atomic mass is 10.1. The van der Waals surface area contributed by atoms with Crippen LogP contribution in [0.15, 0.2) is 24.3 Å². The van der Waals surface area contributed by atoms with Crippen molar-refractivity contribution in [3.63, 3.8) is 0 Å². The zero-order chi connectivity index (χ0) is 9.84. The van der Waals surface area contributed by atoms with E-state index in [1.165, 1.54) is 12.1 Å². The molecule has 4 heteroatoms. The first-order valence-corrected chi connectivity index (χ1v) is 3.84. The van der Waals surface area contributed by atoms with Gasteiger partial charge in [0, 0.05) is 0 Å². The maximum atomic E-state index is 10.7. The summed E-state index contributed by atoms with van der Waals surface area (Å²) in [7, 11) is 1.58. The molecule has 13 heavy (non-hydrogen) atoms. The molecule has 0 saturated carbocycles. The molecule has 0 aliphatic rings. The van der Waals surface area contributed by atoms with Crippen LogP contribution < -0.4 is 5.32 Å². The van der Waals surface area contributed by atoms with Crippen LogP contribution in [0.3, 0.4) is 0 Å². The number of nitrogens with one attached hydrogen (secondary N) is 1. The summed E-state index contributed by atoms with van der Waals surface area (Å²) in [4.78, 5) is 10.7. The van der Waals surface area contributed by atoms with Crippen molar-refractivity contribution in [1.29, 1.82) is 0 Å². The highest BCUT2D eigenvalue weighted by molar-refractivity contribution is 5.75. The fraction of sp³-hybridized carbons (Fsp3) is 0.222. The second-order valence-electron chi connectivity index (χ2n) is 2.65. The maximum absolute atomic E-state index is 10.7. The molecule has 0 bridgehead atoms. The second kappa shape index (κ2) is 3.91. The summed E-state index contributed by atoms with van der Waals surface area (Å²) in [5, 5.41) is 20.4. The number of aliphatic carboxylic acids is 1. The van der Waals surface area contributed by atoms with Gasteiger partial charge < -0.3 is 15.5 Å². The first-order chi connectivity index (χ1) is 6.15. The average molecular weight is 181 g/mol. The lowest BCUT2D eigenvalue weighted by Gasteiger charge is -2.10. The molecule has 1 aromatic rings. The molecule has 3 N–H and O–H groups in total. The Bertz CT molecular complexity index is 294. The number of rotatable bonds is 3. The predicted octanol–water partition coefficient (Wildman–Crippen LogP) is 0.737. The van der Waals surface area contributed by atoms with Crippen LogP contribution in [0.4, 0.5) is 0 Å². The van der Waals surface area contributed by atoms with E-state index >= 15 is 0 Å². The van der Waals surface area contributed by atoms with Crippen molar-refractivity contribution < 1.29 is 15.0 Å². The zero-order valence-electron chi connectivity index (χ0n) is 7.19. The second-order valence-corrected chi connectivity index (χ2v) is 2.65. The standard InChI is InChI=1S/C9H11NO3/c1-10-8(9(12)13)6-2-4-7(11)5-3-6/h2-5,8,10-11H,1H3,(H,12,13)/t8-/m0/s1. The molecule has 0 saturated heterocycles. The van der Waals surface area contributed by atoms with E-state index in [-0.39, 0.29) is 5.75 Å². The Morgan fingerprint density at radius 2 is 1.92 bits per heavy atom. The van der Waals surface area contributed by atoms with Crippen molar-refractivity contribution in [2.75, 3.05) is 7.05 Å². The summed E-state index contributed by atoms with van der Waals surface area (Å²) >= 11 is 0. The number of carboxylic acids is 1. The Morgan fingerprint density at radius 3 is 2.31 bits per heavy atom. The van der Waals surface area contributed by atoms with E-state index in [1.54, 1.807) is 19.2 Å². The average Bonchev–Trinajstić information content (AvgIpc) is 2.09. The van der Waals surface area contributed by atoms with E-state index in [2.05, 4.69) is 5.32 Å². The Balaban J connectivity index is 2.92. The van der Waals surface area contributed by atoms with Gasteiger partial charge >= 0.3 is 5.97 Å². The van der Waals surface area contributed by atoms with Crippen LogP contribution in [0.1, 0.15) is 11.6 Å². The highest BCUT2D eigenvalue weighted by Gasteiger charge is 2.16. The number of phenolic OH excluding ortho intramolecular Hbond substituents is 1. The summed E-state index contributed by atoms with van der Waals surface area (Å²) in [6, 6.07) is 5.35. The first-order valence-electron chi connectivity index (χ1n) is 3.84. The van der Waals surface area contributed by atoms with Gasteiger partial charge in [0.25, 0.3) is 0 Å². The van der Waals surface area contributed by atoms with Crippen molar-refractivity contribution in [1.82, 2.24) is 5.32 Å². The summed E-state index contributed by atoms with van der Waals surface area (Å²) < 4.78 is 0. The van der Waals surface area contributed by atoms with Crippen LogP contribution in [0, 0.1) is 0 Å². The van der Waals surface area contributed by atoms with Crippen molar-refractivity contribution in [3.05, 3.63) is 29.8 Å². The van der Waals surface area contributed by atoms with Crippen LogP contribution in [0.2, 0.25) is 0 Å². The van der Waals surface area contributed by atoms with Crippen molar-refractivity contribution in [3.8, 4) is 5.75 Å². The highest BCUT2D eigenvalue weighted by atomic mass is 16.4. The number of benzene rings is 1. The van der Waals surface area contributed by atoms with Crippen LogP contribution in [0.5, 0.6) is 5.75 Å². The summed E-state index contributed by atoms with van der Waals surface area (Å²) in [5.74, 6) is -0.808. The number of phenols is 1. The molecule has 1 aromatic carbocycles.